The fourth-order valence-electron chi connectivity index (χ4n) is 2.43. The summed E-state index contributed by atoms with van der Waals surface area (Å²) in [6, 6.07) is 8.76. The van der Waals surface area contributed by atoms with Gasteiger partial charge in [-0.1, -0.05) is 12.8 Å². The molecule has 3 rings (SSSR count). The second-order valence-corrected chi connectivity index (χ2v) is 6.35. The molecule has 0 unspecified atom stereocenters. The first-order valence-electron chi connectivity index (χ1n) is 6.88. The molecular formula is C15H19N3S. The van der Waals surface area contributed by atoms with Crippen molar-refractivity contribution in [1.29, 1.82) is 0 Å². The van der Waals surface area contributed by atoms with Crippen molar-refractivity contribution in [1.82, 2.24) is 9.97 Å². The van der Waals surface area contributed by atoms with E-state index in [0.29, 0.717) is 0 Å². The van der Waals surface area contributed by atoms with Crippen molar-refractivity contribution in [3.8, 4) is 0 Å². The average molecular weight is 273 g/mol. The Labute approximate surface area is 118 Å². The Balaban J connectivity index is 1.53. The van der Waals surface area contributed by atoms with Gasteiger partial charge >= 0.3 is 0 Å². The zero-order chi connectivity index (χ0) is 12.9. The highest BCUT2D eigenvalue weighted by molar-refractivity contribution is 8.00. The molecule has 0 amide bonds. The lowest BCUT2D eigenvalue weighted by atomic mass is 10.3. The summed E-state index contributed by atoms with van der Waals surface area (Å²) in [5.41, 5.74) is 2.26. The predicted octanol–water partition coefficient (Wildman–Crippen LogP) is 4.06. The molecule has 3 nitrogen and oxygen atoms in total. The topological polar surface area (TPSA) is 40.7 Å². The van der Waals surface area contributed by atoms with E-state index in [1.807, 2.05) is 18.0 Å². The molecule has 0 saturated heterocycles. The first-order valence-corrected chi connectivity index (χ1v) is 7.76. The van der Waals surface area contributed by atoms with E-state index in [0.717, 1.165) is 23.2 Å². The predicted molar refractivity (Wildman–Crippen MR) is 80.5 cm³/mol. The van der Waals surface area contributed by atoms with Crippen molar-refractivity contribution in [2.75, 3.05) is 5.32 Å². The van der Waals surface area contributed by atoms with Crippen molar-refractivity contribution in [3.05, 3.63) is 42.5 Å². The summed E-state index contributed by atoms with van der Waals surface area (Å²) < 4.78 is 0. The molecule has 100 valence electrons. The van der Waals surface area contributed by atoms with Gasteiger partial charge in [0.25, 0.3) is 0 Å². The van der Waals surface area contributed by atoms with Crippen molar-refractivity contribution in [2.24, 2.45) is 0 Å². The van der Waals surface area contributed by atoms with E-state index < -0.39 is 0 Å². The number of aromatic nitrogens is 2. The van der Waals surface area contributed by atoms with E-state index in [1.54, 1.807) is 6.33 Å². The number of nitrogens with zero attached hydrogens (tertiary/aromatic N) is 1. The molecule has 1 aliphatic carbocycles. The van der Waals surface area contributed by atoms with Crippen LogP contribution in [0.3, 0.4) is 0 Å². The fourth-order valence-corrected chi connectivity index (χ4v) is 3.68. The maximum Gasteiger partial charge on any atom is 0.0922 e. The molecule has 2 N–H and O–H groups in total. The minimum absolute atomic E-state index is 0.787. The minimum atomic E-state index is 0.787. The number of benzene rings is 1. The summed E-state index contributed by atoms with van der Waals surface area (Å²) in [5, 5.41) is 4.22. The first kappa shape index (κ1) is 12.6. The van der Waals surface area contributed by atoms with E-state index in [-0.39, 0.29) is 0 Å². The lowest BCUT2D eigenvalue weighted by molar-refractivity contribution is 0.886. The molecule has 1 saturated carbocycles. The van der Waals surface area contributed by atoms with Crippen LogP contribution < -0.4 is 5.32 Å². The van der Waals surface area contributed by atoms with Gasteiger partial charge in [-0.05, 0) is 37.1 Å². The van der Waals surface area contributed by atoms with E-state index in [2.05, 4.69) is 39.6 Å². The zero-order valence-electron chi connectivity index (χ0n) is 10.9. The van der Waals surface area contributed by atoms with Gasteiger partial charge in [-0.25, -0.2) is 4.98 Å². The Bertz CT molecular complexity index is 487. The number of hydrogen-bond acceptors (Lipinski definition) is 3. The molecular weight excluding hydrogens is 254 g/mol. The second kappa shape index (κ2) is 6.15. The average Bonchev–Trinajstić information content (AvgIpc) is 3.11. The number of thioether (sulfide) groups is 1. The summed E-state index contributed by atoms with van der Waals surface area (Å²) in [6.07, 6.45) is 9.12. The fraction of sp³-hybridized carbons (Fsp3) is 0.400. The van der Waals surface area contributed by atoms with E-state index >= 15 is 0 Å². The third-order valence-electron chi connectivity index (χ3n) is 3.50. The summed E-state index contributed by atoms with van der Waals surface area (Å²) in [7, 11) is 0. The standard InChI is InChI=1S/C15H19N3S/c1-2-4-14(3-1)19-15-7-5-12(6-8-15)17-10-13-9-16-11-18-13/h5-9,11,14,17H,1-4,10H2,(H,16,18). The normalized spacial score (nSPS) is 15.8. The van der Waals surface area contributed by atoms with Crippen molar-refractivity contribution in [3.63, 3.8) is 0 Å². The molecule has 0 bridgehead atoms. The number of nitrogens with one attached hydrogen (secondary N) is 2. The molecule has 1 aromatic heterocycles. The van der Waals surface area contributed by atoms with Crippen LogP contribution in [0.15, 0.2) is 41.7 Å². The van der Waals surface area contributed by atoms with Gasteiger partial charge in [-0.3, -0.25) is 0 Å². The van der Waals surface area contributed by atoms with Gasteiger partial charge in [0.05, 0.1) is 18.6 Å². The molecule has 0 atom stereocenters. The van der Waals surface area contributed by atoms with Crippen LogP contribution in [0, 0.1) is 0 Å². The van der Waals surface area contributed by atoms with Gasteiger partial charge < -0.3 is 10.3 Å². The van der Waals surface area contributed by atoms with Gasteiger partial charge in [0.2, 0.25) is 0 Å². The number of aromatic amines is 1. The van der Waals surface area contributed by atoms with Crippen molar-refractivity contribution < 1.29 is 0 Å². The highest BCUT2D eigenvalue weighted by Gasteiger charge is 2.15. The van der Waals surface area contributed by atoms with Gasteiger partial charge in [0.1, 0.15) is 0 Å². The van der Waals surface area contributed by atoms with Crippen LogP contribution in [0.5, 0.6) is 0 Å². The van der Waals surface area contributed by atoms with Crippen molar-refractivity contribution in [2.45, 2.75) is 42.4 Å². The van der Waals surface area contributed by atoms with Gasteiger partial charge in [-0.15, -0.1) is 11.8 Å². The second-order valence-electron chi connectivity index (χ2n) is 4.98. The van der Waals surface area contributed by atoms with Crippen LogP contribution in [-0.2, 0) is 6.54 Å². The molecule has 1 aromatic carbocycles. The molecule has 19 heavy (non-hydrogen) atoms. The highest BCUT2D eigenvalue weighted by Crippen LogP contribution is 2.34. The Morgan fingerprint density at radius 3 is 2.68 bits per heavy atom. The molecule has 0 spiro atoms. The molecule has 2 aromatic rings. The third kappa shape index (κ3) is 3.53. The van der Waals surface area contributed by atoms with Crippen LogP contribution in [-0.4, -0.2) is 15.2 Å². The van der Waals surface area contributed by atoms with Crippen LogP contribution in [0.25, 0.3) is 0 Å². The quantitative estimate of drug-likeness (QED) is 0.863. The van der Waals surface area contributed by atoms with E-state index in [9.17, 15) is 0 Å². The van der Waals surface area contributed by atoms with Gasteiger partial charge in [0.15, 0.2) is 0 Å². The van der Waals surface area contributed by atoms with Gasteiger partial charge in [-0.2, -0.15) is 0 Å². The number of hydrogen-bond donors (Lipinski definition) is 2. The summed E-state index contributed by atoms with van der Waals surface area (Å²) in [6.45, 7) is 0.787. The smallest absolute Gasteiger partial charge is 0.0922 e. The Morgan fingerprint density at radius 2 is 2.00 bits per heavy atom. The van der Waals surface area contributed by atoms with Crippen LogP contribution in [0.4, 0.5) is 5.69 Å². The largest absolute Gasteiger partial charge is 0.379 e. The molecule has 1 heterocycles. The SMILES string of the molecule is c1ncc(CNc2ccc(SC3CCCC3)cc2)[nH]1. The summed E-state index contributed by atoms with van der Waals surface area (Å²) in [4.78, 5) is 8.48. The molecule has 1 aliphatic rings. The van der Waals surface area contributed by atoms with E-state index in [1.165, 1.54) is 30.6 Å². The number of H-pyrrole nitrogens is 1. The van der Waals surface area contributed by atoms with Gasteiger partial charge in [0, 0.05) is 22.0 Å². The molecule has 0 aliphatic heterocycles. The van der Waals surface area contributed by atoms with Crippen LogP contribution in [0.2, 0.25) is 0 Å². The maximum atomic E-state index is 4.01. The Kier molecular flexibility index (Phi) is 4.08. The highest BCUT2D eigenvalue weighted by atomic mass is 32.2. The Morgan fingerprint density at radius 1 is 1.21 bits per heavy atom. The zero-order valence-corrected chi connectivity index (χ0v) is 11.7. The molecule has 1 fully saturated rings. The Hall–Kier alpha value is -1.42. The monoisotopic (exact) mass is 273 g/mol. The van der Waals surface area contributed by atoms with Crippen LogP contribution in [0.1, 0.15) is 31.4 Å². The minimum Gasteiger partial charge on any atom is -0.379 e. The number of anilines is 1. The lowest BCUT2D eigenvalue weighted by Gasteiger charge is -2.10. The summed E-state index contributed by atoms with van der Waals surface area (Å²) in [5.74, 6) is 0. The third-order valence-corrected chi connectivity index (χ3v) is 4.85. The molecule has 4 heteroatoms. The van der Waals surface area contributed by atoms with Crippen LogP contribution >= 0.6 is 11.8 Å². The van der Waals surface area contributed by atoms with E-state index in [4.69, 9.17) is 0 Å². The first-order chi connectivity index (χ1) is 9.40. The maximum absolute atomic E-state index is 4.01. The van der Waals surface area contributed by atoms with Crippen molar-refractivity contribution >= 4 is 17.4 Å². The lowest BCUT2D eigenvalue weighted by Crippen LogP contribution is -1.99. The molecule has 0 radical (unpaired) electrons. The number of imidazole rings is 1. The number of rotatable bonds is 5. The summed E-state index contributed by atoms with van der Waals surface area (Å²) >= 11 is 2.03.